The van der Waals surface area contributed by atoms with E-state index in [9.17, 15) is 0 Å². The van der Waals surface area contributed by atoms with E-state index in [2.05, 4.69) is 21.6 Å². The third-order valence-electron chi connectivity index (χ3n) is 1.98. The van der Waals surface area contributed by atoms with Crippen molar-refractivity contribution >= 4 is 11.8 Å². The summed E-state index contributed by atoms with van der Waals surface area (Å²) in [5.74, 6) is 1.12. The molecule has 0 unspecified atom stereocenters. The van der Waals surface area contributed by atoms with E-state index in [0.717, 1.165) is 5.88 Å². The average molecular weight is 156 g/mol. The second-order valence-corrected chi connectivity index (χ2v) is 3.54. The molecule has 0 saturated carbocycles. The first-order valence-corrected chi connectivity index (χ1v) is 4.81. The van der Waals surface area contributed by atoms with E-state index >= 15 is 0 Å². The summed E-state index contributed by atoms with van der Waals surface area (Å²) >= 11 is 1.87. The predicted molar refractivity (Wildman–Crippen MR) is 44.2 cm³/mol. The zero-order chi connectivity index (χ0) is 6.81. The van der Waals surface area contributed by atoms with Crippen molar-refractivity contribution in [1.29, 1.82) is 0 Å². The van der Waals surface area contributed by atoms with Crippen LogP contribution in [0.3, 0.4) is 0 Å². The lowest BCUT2D eigenvalue weighted by Gasteiger charge is -2.26. The van der Waals surface area contributed by atoms with Crippen LogP contribution in [0.15, 0.2) is 11.6 Å². The lowest BCUT2D eigenvalue weighted by molar-refractivity contribution is 0.0734. The van der Waals surface area contributed by atoms with Gasteiger partial charge in [0.05, 0.1) is 5.88 Å². The Kier molecular flexibility index (Phi) is 1.86. The molecule has 2 heterocycles. The lowest BCUT2D eigenvalue weighted by atomic mass is 10.4. The summed E-state index contributed by atoms with van der Waals surface area (Å²) in [7, 11) is 0. The second kappa shape index (κ2) is 2.84. The largest absolute Gasteiger partial charge is 0.302 e. The van der Waals surface area contributed by atoms with Crippen LogP contribution in [0.5, 0.6) is 0 Å². The second-order valence-electron chi connectivity index (χ2n) is 2.68. The molecule has 10 heavy (non-hydrogen) atoms. The number of hydrogen-bond acceptors (Lipinski definition) is 3. The maximum Gasteiger partial charge on any atom is 0.0835 e. The minimum Gasteiger partial charge on any atom is -0.302 e. The van der Waals surface area contributed by atoms with Gasteiger partial charge in [0.15, 0.2) is 0 Å². The predicted octanol–water partition coefficient (Wildman–Crippen LogP) is 1.47. The maximum absolute atomic E-state index is 2.43. The zero-order valence-corrected chi connectivity index (χ0v) is 6.81. The van der Waals surface area contributed by atoms with Crippen LogP contribution in [0.25, 0.3) is 0 Å². The van der Waals surface area contributed by atoms with Crippen LogP contribution in [-0.4, -0.2) is 29.0 Å². The molecule has 0 amide bonds. The van der Waals surface area contributed by atoms with Crippen molar-refractivity contribution in [2.45, 2.75) is 12.8 Å². The first-order chi connectivity index (χ1) is 4.97. The minimum absolute atomic E-state index is 1.12. The van der Waals surface area contributed by atoms with Crippen LogP contribution in [0.4, 0.5) is 0 Å². The van der Waals surface area contributed by atoms with E-state index in [4.69, 9.17) is 0 Å². The maximum atomic E-state index is 2.43. The molecule has 2 nitrogen and oxygen atoms in total. The number of hydrogen-bond donors (Lipinski definition) is 0. The Hall–Kier alpha value is -0.150. The number of hydrazine groups is 1. The number of thioether (sulfide) groups is 1. The third-order valence-corrected chi connectivity index (χ3v) is 2.71. The summed E-state index contributed by atoms with van der Waals surface area (Å²) < 4.78 is 0. The van der Waals surface area contributed by atoms with E-state index in [0.29, 0.717) is 0 Å². The normalized spacial score (nSPS) is 26.6. The van der Waals surface area contributed by atoms with E-state index < -0.39 is 0 Å². The van der Waals surface area contributed by atoms with Crippen LogP contribution in [0.2, 0.25) is 0 Å². The molecule has 3 heteroatoms. The lowest BCUT2D eigenvalue weighted by Crippen LogP contribution is -2.34. The molecule has 0 radical (unpaired) electrons. The zero-order valence-electron chi connectivity index (χ0n) is 5.99. The minimum atomic E-state index is 1.12. The first kappa shape index (κ1) is 6.55. The summed E-state index contributed by atoms with van der Waals surface area (Å²) in [5.41, 5.74) is 0. The van der Waals surface area contributed by atoms with Gasteiger partial charge in [0.2, 0.25) is 0 Å². The average Bonchev–Trinajstić information content (AvgIpc) is 2.59. The standard InChI is InChI=1S/C7H12N2S/c1-2-4-8(3-1)9-5-6-10-7-9/h5-6H,1-4,7H2. The number of nitrogens with zero attached hydrogens (tertiary/aromatic N) is 2. The molecule has 0 spiro atoms. The van der Waals surface area contributed by atoms with E-state index in [1.165, 1.54) is 25.9 Å². The number of rotatable bonds is 1. The van der Waals surface area contributed by atoms with Gasteiger partial charge >= 0.3 is 0 Å². The Balaban J connectivity index is 1.91. The molecule has 1 saturated heterocycles. The van der Waals surface area contributed by atoms with Crippen molar-refractivity contribution in [3.8, 4) is 0 Å². The first-order valence-electron chi connectivity index (χ1n) is 3.76. The highest BCUT2D eigenvalue weighted by molar-refractivity contribution is 8.02. The van der Waals surface area contributed by atoms with Crippen LogP contribution in [-0.2, 0) is 0 Å². The van der Waals surface area contributed by atoms with Gasteiger partial charge in [-0.1, -0.05) is 0 Å². The smallest absolute Gasteiger partial charge is 0.0835 e. The molecule has 0 aromatic rings. The van der Waals surface area contributed by atoms with Crippen molar-refractivity contribution in [3.63, 3.8) is 0 Å². The van der Waals surface area contributed by atoms with Gasteiger partial charge in [-0.2, -0.15) is 0 Å². The molecule has 0 bridgehead atoms. The monoisotopic (exact) mass is 156 g/mol. The fourth-order valence-corrected chi connectivity index (χ4v) is 2.12. The van der Waals surface area contributed by atoms with E-state index in [1.54, 1.807) is 0 Å². The van der Waals surface area contributed by atoms with Gasteiger partial charge in [-0.15, -0.1) is 11.8 Å². The molecule has 0 atom stereocenters. The third kappa shape index (κ3) is 1.16. The molecule has 2 aliphatic rings. The molecule has 2 rings (SSSR count). The van der Waals surface area contributed by atoms with Gasteiger partial charge in [-0.3, -0.25) is 0 Å². The van der Waals surface area contributed by atoms with Crippen LogP contribution >= 0.6 is 11.8 Å². The highest BCUT2D eigenvalue weighted by Gasteiger charge is 2.17. The fourth-order valence-electron chi connectivity index (χ4n) is 1.41. The summed E-state index contributed by atoms with van der Waals surface area (Å²) in [6.45, 7) is 2.51. The van der Waals surface area contributed by atoms with Gasteiger partial charge < -0.3 is 5.01 Å². The quantitative estimate of drug-likeness (QED) is 0.567. The van der Waals surface area contributed by atoms with Crippen LogP contribution < -0.4 is 0 Å². The molecule has 0 aromatic heterocycles. The Morgan fingerprint density at radius 2 is 2.00 bits per heavy atom. The summed E-state index contributed by atoms with van der Waals surface area (Å²) in [4.78, 5) is 0. The Morgan fingerprint density at radius 1 is 1.20 bits per heavy atom. The Morgan fingerprint density at radius 3 is 2.60 bits per heavy atom. The SMILES string of the molecule is C1=CN(N2CCCC2)CS1. The fraction of sp³-hybridized carbons (Fsp3) is 0.714. The van der Waals surface area contributed by atoms with Crippen molar-refractivity contribution < 1.29 is 0 Å². The molecule has 1 fully saturated rings. The van der Waals surface area contributed by atoms with Crippen molar-refractivity contribution in [1.82, 2.24) is 10.0 Å². The van der Waals surface area contributed by atoms with Gasteiger partial charge in [0, 0.05) is 19.3 Å². The molecule has 0 aromatic carbocycles. The van der Waals surface area contributed by atoms with Crippen molar-refractivity contribution in [2.24, 2.45) is 0 Å². The summed E-state index contributed by atoms with van der Waals surface area (Å²) in [6, 6.07) is 0. The Bertz CT molecular complexity index is 141. The summed E-state index contributed by atoms with van der Waals surface area (Å²) in [6.07, 6.45) is 4.92. The van der Waals surface area contributed by atoms with E-state index in [1.807, 2.05) is 11.8 Å². The highest BCUT2D eigenvalue weighted by atomic mass is 32.2. The van der Waals surface area contributed by atoms with Crippen LogP contribution in [0, 0.1) is 0 Å². The highest BCUT2D eigenvalue weighted by Crippen LogP contribution is 2.20. The van der Waals surface area contributed by atoms with Crippen LogP contribution in [0.1, 0.15) is 12.8 Å². The molecule has 0 aliphatic carbocycles. The van der Waals surface area contributed by atoms with Crippen molar-refractivity contribution in [2.75, 3.05) is 19.0 Å². The Labute approximate surface area is 65.8 Å². The van der Waals surface area contributed by atoms with Gasteiger partial charge in [-0.05, 0) is 18.2 Å². The topological polar surface area (TPSA) is 6.48 Å². The van der Waals surface area contributed by atoms with Gasteiger partial charge in [0.1, 0.15) is 0 Å². The molecule has 56 valence electrons. The van der Waals surface area contributed by atoms with Gasteiger partial charge in [0.25, 0.3) is 0 Å². The van der Waals surface area contributed by atoms with Gasteiger partial charge in [-0.25, -0.2) is 5.01 Å². The molecule has 0 N–H and O–H groups in total. The molecule has 2 aliphatic heterocycles. The molecular weight excluding hydrogens is 144 g/mol. The van der Waals surface area contributed by atoms with E-state index in [-0.39, 0.29) is 0 Å². The van der Waals surface area contributed by atoms with Crippen molar-refractivity contribution in [3.05, 3.63) is 11.6 Å². The summed E-state index contributed by atoms with van der Waals surface area (Å²) in [5, 5.41) is 6.91. The molecular formula is C7H12N2S.